The smallest absolute Gasteiger partial charge is 0.273 e. The Morgan fingerprint density at radius 3 is 2.58 bits per heavy atom. The van der Waals surface area contributed by atoms with Gasteiger partial charge < -0.3 is 20.9 Å². The van der Waals surface area contributed by atoms with E-state index in [0.717, 1.165) is 19.3 Å². The number of primary amides is 1. The molecule has 7 nitrogen and oxygen atoms in total. The van der Waals surface area contributed by atoms with E-state index in [1.807, 2.05) is 6.92 Å². The van der Waals surface area contributed by atoms with Gasteiger partial charge in [0.15, 0.2) is 5.71 Å². The molecule has 0 aromatic heterocycles. The van der Waals surface area contributed by atoms with E-state index in [2.05, 4.69) is 12.1 Å². The second-order valence-corrected chi connectivity index (χ2v) is 9.31. The minimum Gasteiger partial charge on any atom is -0.410 e. The molecule has 0 radical (unpaired) electrons. The quantitative estimate of drug-likeness (QED) is 0.400. The van der Waals surface area contributed by atoms with Crippen LogP contribution in [0.2, 0.25) is 0 Å². The number of aliphatic hydroxyl groups is 1. The minimum atomic E-state index is -0.943. The van der Waals surface area contributed by atoms with Gasteiger partial charge in [0.1, 0.15) is 6.04 Å². The molecule has 7 heteroatoms. The maximum Gasteiger partial charge on any atom is 0.273 e. The lowest BCUT2D eigenvalue weighted by atomic mass is 9.67. The predicted octanol–water partition coefficient (Wildman–Crippen LogP) is 1.65. The lowest BCUT2D eigenvalue weighted by Crippen LogP contribution is -2.53. The standard InChI is InChI=1S/C19H31N3O4/c1-11-5-4-6-18(2,10-19(3,25)9-11)15(21-26)17(24)22-13-7-12(13)8-14(22)16(20)23/h11-14,25-26H,4-10H2,1-3H3,(H2,20,23)/b21-15-/t11?,12?,13?,14?,18?,19-/m0/s1. The molecule has 0 aromatic carbocycles. The molecule has 2 aliphatic carbocycles. The number of fused-ring (bicyclic) bond motifs is 1. The van der Waals surface area contributed by atoms with Gasteiger partial charge in [0.2, 0.25) is 5.91 Å². The van der Waals surface area contributed by atoms with Crippen LogP contribution in [-0.2, 0) is 9.59 Å². The molecular weight excluding hydrogens is 334 g/mol. The number of rotatable bonds is 3. The van der Waals surface area contributed by atoms with Crippen LogP contribution in [0.1, 0.15) is 65.7 Å². The molecule has 1 saturated heterocycles. The summed E-state index contributed by atoms with van der Waals surface area (Å²) in [5.41, 5.74) is 3.85. The number of nitrogens with two attached hydrogens (primary N) is 1. The summed E-state index contributed by atoms with van der Waals surface area (Å²) in [6, 6.07) is -0.602. The first-order valence-corrected chi connectivity index (χ1v) is 9.65. The minimum absolute atomic E-state index is 0.0226. The molecule has 26 heavy (non-hydrogen) atoms. The Kier molecular flexibility index (Phi) is 4.80. The van der Waals surface area contributed by atoms with E-state index in [9.17, 15) is 19.9 Å². The average molecular weight is 365 g/mol. The van der Waals surface area contributed by atoms with Crippen LogP contribution < -0.4 is 5.73 Å². The summed E-state index contributed by atoms with van der Waals surface area (Å²) >= 11 is 0. The number of hydrogen-bond donors (Lipinski definition) is 3. The van der Waals surface area contributed by atoms with Crippen LogP contribution in [0.4, 0.5) is 0 Å². The zero-order valence-electron chi connectivity index (χ0n) is 15.9. The monoisotopic (exact) mass is 365 g/mol. The number of likely N-dealkylation sites (tertiary alicyclic amines) is 1. The fourth-order valence-corrected chi connectivity index (χ4v) is 5.44. The Labute approximate surface area is 154 Å². The van der Waals surface area contributed by atoms with Crippen molar-refractivity contribution >= 4 is 17.5 Å². The Morgan fingerprint density at radius 1 is 1.27 bits per heavy atom. The van der Waals surface area contributed by atoms with E-state index >= 15 is 0 Å². The van der Waals surface area contributed by atoms with E-state index in [1.54, 1.807) is 6.92 Å². The highest BCUT2D eigenvalue weighted by Crippen LogP contribution is 2.49. The Hall–Kier alpha value is -1.63. The number of amides is 2. The zero-order chi connectivity index (χ0) is 19.3. The van der Waals surface area contributed by atoms with Gasteiger partial charge in [-0.05, 0) is 50.9 Å². The fourth-order valence-electron chi connectivity index (χ4n) is 5.44. The number of oxime groups is 1. The average Bonchev–Trinajstić information content (AvgIpc) is 3.15. The van der Waals surface area contributed by atoms with Crippen molar-refractivity contribution in [3.05, 3.63) is 0 Å². The van der Waals surface area contributed by atoms with Gasteiger partial charge in [-0.3, -0.25) is 9.59 Å². The van der Waals surface area contributed by atoms with Gasteiger partial charge in [-0.15, -0.1) is 0 Å². The summed E-state index contributed by atoms with van der Waals surface area (Å²) in [4.78, 5) is 26.6. The largest absolute Gasteiger partial charge is 0.410 e. The summed E-state index contributed by atoms with van der Waals surface area (Å²) in [5, 5.41) is 24.0. The summed E-state index contributed by atoms with van der Waals surface area (Å²) in [7, 11) is 0. The molecule has 1 aliphatic heterocycles. The van der Waals surface area contributed by atoms with Crippen molar-refractivity contribution in [2.75, 3.05) is 0 Å². The fraction of sp³-hybridized carbons (Fsp3) is 0.842. The third kappa shape index (κ3) is 3.46. The van der Waals surface area contributed by atoms with E-state index in [4.69, 9.17) is 5.73 Å². The van der Waals surface area contributed by atoms with Crippen molar-refractivity contribution in [3.63, 3.8) is 0 Å². The SMILES string of the molecule is CC1CCCC(C)(/C(=N\O)C(=O)N2C(C(N)=O)CC3CC32)C[C@@](C)(O)C1. The molecule has 4 N–H and O–H groups in total. The van der Waals surface area contributed by atoms with Gasteiger partial charge in [-0.1, -0.05) is 31.8 Å². The van der Waals surface area contributed by atoms with Crippen molar-refractivity contribution in [2.45, 2.75) is 83.4 Å². The second-order valence-electron chi connectivity index (χ2n) is 9.31. The third-order valence-electron chi connectivity index (χ3n) is 6.53. The number of carbonyl (C=O) groups excluding carboxylic acids is 2. The van der Waals surface area contributed by atoms with Crippen LogP contribution in [0.15, 0.2) is 5.16 Å². The Balaban J connectivity index is 1.87. The van der Waals surface area contributed by atoms with Gasteiger partial charge in [0.25, 0.3) is 5.91 Å². The lowest BCUT2D eigenvalue weighted by Gasteiger charge is -2.41. The van der Waals surface area contributed by atoms with Crippen molar-refractivity contribution in [2.24, 2.45) is 28.1 Å². The van der Waals surface area contributed by atoms with Crippen molar-refractivity contribution in [1.29, 1.82) is 0 Å². The molecule has 0 bridgehead atoms. The van der Waals surface area contributed by atoms with Crippen LogP contribution in [0, 0.1) is 17.3 Å². The lowest BCUT2D eigenvalue weighted by molar-refractivity contribution is -0.134. The van der Waals surface area contributed by atoms with Crippen molar-refractivity contribution < 1.29 is 19.9 Å². The van der Waals surface area contributed by atoms with Gasteiger partial charge in [0, 0.05) is 11.5 Å². The third-order valence-corrected chi connectivity index (χ3v) is 6.53. The molecule has 3 rings (SSSR count). The second kappa shape index (κ2) is 6.51. The van der Waals surface area contributed by atoms with Crippen LogP contribution >= 0.6 is 0 Å². The van der Waals surface area contributed by atoms with Gasteiger partial charge >= 0.3 is 0 Å². The number of hydrogen-bond acceptors (Lipinski definition) is 5. The van der Waals surface area contributed by atoms with Crippen molar-refractivity contribution in [1.82, 2.24) is 4.90 Å². The van der Waals surface area contributed by atoms with E-state index in [-0.39, 0.29) is 11.8 Å². The first kappa shape index (κ1) is 19.1. The maximum atomic E-state index is 13.3. The Bertz CT molecular complexity index is 632. The summed E-state index contributed by atoms with van der Waals surface area (Å²) in [5.74, 6) is -0.185. The zero-order valence-corrected chi connectivity index (χ0v) is 15.9. The molecule has 2 amide bonds. The summed E-state index contributed by atoms with van der Waals surface area (Å²) < 4.78 is 0. The highest BCUT2D eigenvalue weighted by Gasteiger charge is 2.57. The molecule has 3 fully saturated rings. The molecule has 0 aromatic rings. The topological polar surface area (TPSA) is 116 Å². The molecule has 3 aliphatic rings. The molecule has 5 unspecified atom stereocenters. The summed E-state index contributed by atoms with van der Waals surface area (Å²) in [6.07, 6.45) is 4.97. The maximum absolute atomic E-state index is 13.3. The highest BCUT2D eigenvalue weighted by atomic mass is 16.4. The van der Waals surface area contributed by atoms with Crippen LogP contribution in [0.5, 0.6) is 0 Å². The number of piperidine rings is 1. The van der Waals surface area contributed by atoms with E-state index < -0.39 is 28.9 Å². The molecule has 2 saturated carbocycles. The molecule has 0 spiro atoms. The predicted molar refractivity (Wildman–Crippen MR) is 96.5 cm³/mol. The molecule has 146 valence electrons. The van der Waals surface area contributed by atoms with E-state index in [1.165, 1.54) is 4.90 Å². The van der Waals surface area contributed by atoms with Gasteiger partial charge in [0.05, 0.1) is 5.60 Å². The summed E-state index contributed by atoms with van der Waals surface area (Å²) in [6.45, 7) is 5.79. The Morgan fingerprint density at radius 2 is 1.96 bits per heavy atom. The first-order valence-electron chi connectivity index (χ1n) is 9.65. The molecule has 6 atom stereocenters. The molecule has 1 heterocycles. The van der Waals surface area contributed by atoms with Crippen LogP contribution in [-0.4, -0.2) is 50.4 Å². The van der Waals surface area contributed by atoms with Gasteiger partial charge in [-0.25, -0.2) is 0 Å². The first-order chi connectivity index (χ1) is 12.1. The normalized spacial score (nSPS) is 43.4. The number of nitrogens with zero attached hydrogens (tertiary/aromatic N) is 2. The van der Waals surface area contributed by atoms with Crippen molar-refractivity contribution in [3.8, 4) is 0 Å². The highest BCUT2D eigenvalue weighted by molar-refractivity contribution is 6.41. The molecular formula is C19H31N3O4. The van der Waals surface area contributed by atoms with E-state index in [0.29, 0.717) is 37.5 Å². The van der Waals surface area contributed by atoms with Crippen LogP contribution in [0.3, 0.4) is 0 Å². The number of carbonyl (C=O) groups is 2. The van der Waals surface area contributed by atoms with Crippen LogP contribution in [0.25, 0.3) is 0 Å². The van der Waals surface area contributed by atoms with Gasteiger partial charge in [-0.2, -0.15) is 0 Å².